The van der Waals surface area contributed by atoms with Crippen molar-refractivity contribution in [3.8, 4) is 0 Å². The molecule has 0 bridgehead atoms. The Morgan fingerprint density at radius 1 is 1.23 bits per heavy atom. The van der Waals surface area contributed by atoms with Gasteiger partial charge in [-0.25, -0.2) is 9.67 Å². The van der Waals surface area contributed by atoms with E-state index in [4.69, 9.17) is 4.74 Å². The van der Waals surface area contributed by atoms with Gasteiger partial charge in [0.2, 0.25) is 0 Å². The van der Waals surface area contributed by atoms with E-state index in [9.17, 15) is 0 Å². The average Bonchev–Trinajstić information content (AvgIpc) is 3.03. The van der Waals surface area contributed by atoms with E-state index in [1.165, 1.54) is 25.9 Å². The van der Waals surface area contributed by atoms with Crippen LogP contribution >= 0.6 is 0 Å². The van der Waals surface area contributed by atoms with Crippen LogP contribution in [0.5, 0.6) is 0 Å². The molecule has 1 aromatic rings. The van der Waals surface area contributed by atoms with Crippen molar-refractivity contribution in [2.45, 2.75) is 45.8 Å². The number of piperidine rings is 1. The summed E-state index contributed by atoms with van der Waals surface area (Å²) >= 11 is 0. The monoisotopic (exact) mass is 307 g/mol. The molecule has 2 aliphatic heterocycles. The molecule has 2 aliphatic rings. The standard InChI is InChI=1S/C16H29N5O/c1-3-21-16(17-13-18-21)12-19-6-4-15(5-7-19)14(2)20-8-10-22-11-9-20/h13-15H,3-12H2,1-2H3/t14-/m0/s1. The maximum absolute atomic E-state index is 5.47. The molecule has 0 saturated carbocycles. The topological polar surface area (TPSA) is 46.4 Å². The van der Waals surface area contributed by atoms with Gasteiger partial charge in [-0.3, -0.25) is 9.80 Å². The quantitative estimate of drug-likeness (QED) is 0.819. The minimum atomic E-state index is 0.686. The molecule has 6 heteroatoms. The molecule has 0 amide bonds. The van der Waals surface area contributed by atoms with E-state index in [2.05, 4.69) is 33.7 Å². The predicted octanol–water partition coefficient (Wildman–Crippen LogP) is 1.23. The maximum atomic E-state index is 5.47. The number of likely N-dealkylation sites (tertiary alicyclic amines) is 1. The van der Waals surface area contributed by atoms with Crippen LogP contribution in [0.2, 0.25) is 0 Å². The zero-order valence-electron chi connectivity index (χ0n) is 13.9. The number of ether oxygens (including phenoxy) is 1. The summed E-state index contributed by atoms with van der Waals surface area (Å²) in [6, 6.07) is 0.686. The summed E-state index contributed by atoms with van der Waals surface area (Å²) in [4.78, 5) is 9.53. The lowest BCUT2D eigenvalue weighted by atomic mass is 9.89. The molecule has 22 heavy (non-hydrogen) atoms. The van der Waals surface area contributed by atoms with Crippen molar-refractivity contribution in [1.82, 2.24) is 24.6 Å². The number of hydrogen-bond acceptors (Lipinski definition) is 5. The van der Waals surface area contributed by atoms with Crippen LogP contribution in [0.15, 0.2) is 6.33 Å². The van der Waals surface area contributed by atoms with Gasteiger partial charge in [0.1, 0.15) is 12.2 Å². The number of aryl methyl sites for hydroxylation is 1. The van der Waals surface area contributed by atoms with Crippen molar-refractivity contribution in [1.29, 1.82) is 0 Å². The number of morpholine rings is 1. The van der Waals surface area contributed by atoms with Gasteiger partial charge >= 0.3 is 0 Å². The Morgan fingerprint density at radius 2 is 1.95 bits per heavy atom. The van der Waals surface area contributed by atoms with Crippen molar-refractivity contribution < 1.29 is 4.74 Å². The van der Waals surface area contributed by atoms with Gasteiger partial charge in [-0.05, 0) is 45.7 Å². The highest BCUT2D eigenvalue weighted by molar-refractivity contribution is 4.88. The Bertz CT molecular complexity index is 449. The molecule has 0 radical (unpaired) electrons. The third-order valence-electron chi connectivity index (χ3n) is 5.30. The lowest BCUT2D eigenvalue weighted by Gasteiger charge is -2.40. The maximum Gasteiger partial charge on any atom is 0.140 e. The SMILES string of the molecule is CCn1ncnc1CN1CCC([C@H](C)N2CCOCC2)CC1. The summed E-state index contributed by atoms with van der Waals surface area (Å²) in [6.07, 6.45) is 4.25. The summed E-state index contributed by atoms with van der Waals surface area (Å²) in [7, 11) is 0. The van der Waals surface area contributed by atoms with Gasteiger partial charge in [-0.2, -0.15) is 5.10 Å². The zero-order chi connectivity index (χ0) is 15.4. The largest absolute Gasteiger partial charge is 0.379 e. The Kier molecular flexibility index (Phi) is 5.44. The van der Waals surface area contributed by atoms with Crippen molar-refractivity contribution >= 4 is 0 Å². The zero-order valence-corrected chi connectivity index (χ0v) is 13.9. The molecule has 0 spiro atoms. The number of rotatable bonds is 5. The van der Waals surface area contributed by atoms with Crippen LogP contribution < -0.4 is 0 Å². The van der Waals surface area contributed by atoms with Gasteiger partial charge < -0.3 is 4.74 Å². The van der Waals surface area contributed by atoms with Gasteiger partial charge in [0.15, 0.2) is 0 Å². The normalized spacial score (nSPS) is 23.7. The van der Waals surface area contributed by atoms with Gasteiger partial charge in [0, 0.05) is 25.7 Å². The second-order valence-corrected chi connectivity index (χ2v) is 6.49. The minimum absolute atomic E-state index is 0.686. The van der Waals surface area contributed by atoms with Crippen LogP contribution in [0.25, 0.3) is 0 Å². The van der Waals surface area contributed by atoms with Gasteiger partial charge in [0.05, 0.1) is 19.8 Å². The lowest BCUT2D eigenvalue weighted by molar-refractivity contribution is -0.00210. The van der Waals surface area contributed by atoms with Crippen LogP contribution in [0.3, 0.4) is 0 Å². The Morgan fingerprint density at radius 3 is 2.64 bits per heavy atom. The smallest absolute Gasteiger partial charge is 0.140 e. The molecule has 0 aromatic carbocycles. The molecule has 2 saturated heterocycles. The minimum Gasteiger partial charge on any atom is -0.379 e. The van der Waals surface area contributed by atoms with Crippen LogP contribution in [-0.4, -0.2) is 70.0 Å². The van der Waals surface area contributed by atoms with Gasteiger partial charge in [0.25, 0.3) is 0 Å². The summed E-state index contributed by atoms with van der Waals surface area (Å²) in [6.45, 7) is 12.7. The van der Waals surface area contributed by atoms with Crippen molar-refractivity contribution in [3.63, 3.8) is 0 Å². The molecule has 3 rings (SSSR count). The Balaban J connectivity index is 1.47. The molecule has 1 atom stereocenters. The first kappa shape index (κ1) is 15.9. The first-order valence-corrected chi connectivity index (χ1v) is 8.68. The summed E-state index contributed by atoms with van der Waals surface area (Å²) < 4.78 is 7.47. The third kappa shape index (κ3) is 3.67. The molecule has 124 valence electrons. The second kappa shape index (κ2) is 7.53. The highest BCUT2D eigenvalue weighted by Gasteiger charge is 2.28. The van der Waals surface area contributed by atoms with Crippen LogP contribution in [-0.2, 0) is 17.8 Å². The highest BCUT2D eigenvalue weighted by Crippen LogP contribution is 2.25. The second-order valence-electron chi connectivity index (χ2n) is 6.49. The van der Waals surface area contributed by atoms with Crippen LogP contribution in [0.4, 0.5) is 0 Å². The van der Waals surface area contributed by atoms with E-state index >= 15 is 0 Å². The Labute approximate surface area is 133 Å². The van der Waals surface area contributed by atoms with E-state index in [1.54, 1.807) is 6.33 Å². The molecule has 2 fully saturated rings. The fourth-order valence-electron chi connectivity index (χ4n) is 3.75. The molecule has 0 aliphatic carbocycles. The highest BCUT2D eigenvalue weighted by atomic mass is 16.5. The first-order valence-electron chi connectivity index (χ1n) is 8.68. The van der Waals surface area contributed by atoms with Crippen LogP contribution in [0.1, 0.15) is 32.5 Å². The molecule has 6 nitrogen and oxygen atoms in total. The number of aromatic nitrogens is 3. The van der Waals surface area contributed by atoms with Gasteiger partial charge in [-0.15, -0.1) is 0 Å². The molecule has 0 N–H and O–H groups in total. The van der Waals surface area contributed by atoms with E-state index in [0.717, 1.165) is 51.1 Å². The van der Waals surface area contributed by atoms with E-state index in [-0.39, 0.29) is 0 Å². The Hall–Kier alpha value is -0.980. The molecule has 1 aromatic heterocycles. The lowest BCUT2D eigenvalue weighted by Crippen LogP contribution is -2.48. The number of nitrogens with zero attached hydrogens (tertiary/aromatic N) is 5. The van der Waals surface area contributed by atoms with Crippen molar-refractivity contribution in [3.05, 3.63) is 12.2 Å². The molecular formula is C16H29N5O. The molecule has 3 heterocycles. The summed E-state index contributed by atoms with van der Waals surface area (Å²) in [5.74, 6) is 1.92. The summed E-state index contributed by atoms with van der Waals surface area (Å²) in [5.41, 5.74) is 0. The van der Waals surface area contributed by atoms with Crippen molar-refractivity contribution in [2.24, 2.45) is 5.92 Å². The van der Waals surface area contributed by atoms with E-state index in [0.29, 0.717) is 6.04 Å². The van der Waals surface area contributed by atoms with E-state index < -0.39 is 0 Å². The van der Waals surface area contributed by atoms with Crippen molar-refractivity contribution in [2.75, 3.05) is 39.4 Å². The fraction of sp³-hybridized carbons (Fsp3) is 0.875. The summed E-state index contributed by atoms with van der Waals surface area (Å²) in [5, 5.41) is 4.26. The first-order chi connectivity index (χ1) is 10.8. The predicted molar refractivity (Wildman–Crippen MR) is 85.6 cm³/mol. The van der Waals surface area contributed by atoms with Gasteiger partial charge in [-0.1, -0.05) is 0 Å². The van der Waals surface area contributed by atoms with E-state index in [1.807, 2.05) is 4.68 Å². The molecule has 0 unspecified atom stereocenters. The average molecular weight is 307 g/mol. The third-order valence-corrected chi connectivity index (χ3v) is 5.30. The number of hydrogen-bond donors (Lipinski definition) is 0. The molecular weight excluding hydrogens is 278 g/mol. The van der Waals surface area contributed by atoms with Crippen LogP contribution in [0, 0.1) is 5.92 Å². The fourth-order valence-corrected chi connectivity index (χ4v) is 3.75.